The molecule has 0 heterocycles. The topological polar surface area (TPSA) is 78.9 Å². The number of esters is 3. The molecule has 0 saturated heterocycles. The highest BCUT2D eigenvalue weighted by molar-refractivity contribution is 5.71. The minimum Gasteiger partial charge on any atom is -0.462 e. The Morgan fingerprint density at radius 1 is 0.253 bits per heavy atom. The smallest absolute Gasteiger partial charge is 0.306 e. The Morgan fingerprint density at radius 3 is 0.785 bits per heavy atom. The Bertz CT molecular complexity index is 1960. The van der Waals surface area contributed by atoms with Crippen LogP contribution in [0.25, 0.3) is 0 Å². The summed E-state index contributed by atoms with van der Waals surface area (Å²) in [5.74, 6) is -1.15. The molecule has 0 rings (SSSR count). The molecular formula is C73H108O6. The number of carbonyl (C=O) groups excluding carboxylic acids is 3. The van der Waals surface area contributed by atoms with Crippen LogP contribution < -0.4 is 0 Å². The van der Waals surface area contributed by atoms with Crippen LogP contribution in [0.1, 0.15) is 213 Å². The SMILES string of the molecule is CC/C=C\C/C=C\C/C=C\C/C=C\C/C=C\C/C=C\CCC(=O)OCC(COC(=O)CCCCCCCCC/C=C\C/C=C\C/C=C\C/C=C\C/C=C\CC)OC(=O)CC/C=C\C/C=C\C/C=C\C/C=C\C/C=C\C/C=C\CC. The van der Waals surface area contributed by atoms with Crippen LogP contribution in [0.15, 0.2) is 207 Å². The average molecular weight is 1080 g/mol. The van der Waals surface area contributed by atoms with E-state index < -0.39 is 12.1 Å². The van der Waals surface area contributed by atoms with Crippen LogP contribution in [-0.2, 0) is 28.6 Å². The normalized spacial score (nSPS) is 13.6. The molecule has 0 N–H and O–H groups in total. The summed E-state index contributed by atoms with van der Waals surface area (Å²) in [6.45, 7) is 6.14. The van der Waals surface area contributed by atoms with Gasteiger partial charge in [0.1, 0.15) is 13.2 Å². The molecular weight excluding hydrogens is 973 g/mol. The van der Waals surface area contributed by atoms with Crippen LogP contribution in [0, 0.1) is 0 Å². The Balaban J connectivity index is 4.66. The van der Waals surface area contributed by atoms with Crippen molar-refractivity contribution in [1.82, 2.24) is 0 Å². The lowest BCUT2D eigenvalue weighted by Crippen LogP contribution is -2.30. The average Bonchev–Trinajstić information content (AvgIpc) is 3.45. The van der Waals surface area contributed by atoms with Crippen molar-refractivity contribution in [3.8, 4) is 0 Å². The van der Waals surface area contributed by atoms with Crippen molar-refractivity contribution in [2.45, 2.75) is 219 Å². The maximum Gasteiger partial charge on any atom is 0.306 e. The van der Waals surface area contributed by atoms with Crippen molar-refractivity contribution >= 4 is 17.9 Å². The second-order valence-corrected chi connectivity index (χ2v) is 19.1. The molecule has 0 aliphatic carbocycles. The molecule has 6 nitrogen and oxygen atoms in total. The van der Waals surface area contributed by atoms with Crippen molar-refractivity contribution in [2.24, 2.45) is 0 Å². The van der Waals surface area contributed by atoms with Gasteiger partial charge in [-0.3, -0.25) is 14.4 Å². The highest BCUT2D eigenvalue weighted by atomic mass is 16.6. The molecule has 0 aromatic heterocycles. The van der Waals surface area contributed by atoms with Crippen molar-refractivity contribution in [3.05, 3.63) is 207 Å². The third-order valence-electron chi connectivity index (χ3n) is 11.8. The molecule has 0 radical (unpaired) electrons. The molecule has 79 heavy (non-hydrogen) atoms. The standard InChI is InChI=1S/C73H108O6/c1-4-7-10-13-16-19-22-25-28-31-34-35-36-37-40-42-45-48-51-54-57-60-63-66-72(75)78-69-70(79-73(76)67-64-61-58-55-52-49-46-43-39-33-30-27-24-21-18-15-12-9-6-3)68-77-71(74)65-62-59-56-53-50-47-44-41-38-32-29-26-23-20-17-14-11-8-5-2/h7-12,16-21,25-30,34-35,37-41,43,47,49-50,52,56,58-59,61,70H,4-6,13-15,22-24,31-33,36,42,44-46,48,51,53-55,57,60,62-69H2,1-3H3/b10-7-,11-8-,12-9-,19-16-,20-17-,21-18-,28-25-,29-26-,30-27-,35-34-,40-37-,41-38-,43-39-,50-47-,52-49-,59-56-,61-58-. The van der Waals surface area contributed by atoms with Gasteiger partial charge in [-0.05, 0) is 141 Å². The third-order valence-corrected chi connectivity index (χ3v) is 11.8. The molecule has 0 bridgehead atoms. The number of carbonyl (C=O) groups is 3. The Labute approximate surface area is 483 Å². The molecule has 1 atom stereocenters. The second-order valence-electron chi connectivity index (χ2n) is 19.1. The first-order valence-corrected chi connectivity index (χ1v) is 30.6. The molecule has 0 aromatic rings. The van der Waals surface area contributed by atoms with E-state index in [0.29, 0.717) is 19.3 Å². The van der Waals surface area contributed by atoms with E-state index in [-0.39, 0.29) is 38.0 Å². The quantitative estimate of drug-likeness (QED) is 0.0261. The number of hydrogen-bond donors (Lipinski definition) is 0. The lowest BCUT2D eigenvalue weighted by atomic mass is 10.1. The minimum absolute atomic E-state index is 0.150. The van der Waals surface area contributed by atoms with Crippen molar-refractivity contribution < 1.29 is 28.6 Å². The summed E-state index contributed by atoms with van der Waals surface area (Å²) in [5, 5.41) is 0. The summed E-state index contributed by atoms with van der Waals surface area (Å²) in [6, 6.07) is 0. The molecule has 436 valence electrons. The monoisotopic (exact) mass is 1080 g/mol. The fourth-order valence-corrected chi connectivity index (χ4v) is 7.34. The summed E-state index contributed by atoms with van der Waals surface area (Å²) in [7, 11) is 0. The minimum atomic E-state index is -0.869. The van der Waals surface area contributed by atoms with Gasteiger partial charge in [-0.1, -0.05) is 259 Å². The number of hydrogen-bond acceptors (Lipinski definition) is 6. The van der Waals surface area contributed by atoms with E-state index in [9.17, 15) is 14.4 Å². The van der Waals surface area contributed by atoms with Crippen LogP contribution in [0.4, 0.5) is 0 Å². The first kappa shape index (κ1) is 73.0. The predicted molar refractivity (Wildman–Crippen MR) is 343 cm³/mol. The third kappa shape index (κ3) is 62.7. The first-order chi connectivity index (χ1) is 39.0. The van der Waals surface area contributed by atoms with Gasteiger partial charge in [0.05, 0.1) is 0 Å². The van der Waals surface area contributed by atoms with Crippen LogP contribution >= 0.6 is 0 Å². The zero-order valence-corrected chi connectivity index (χ0v) is 49.8. The van der Waals surface area contributed by atoms with E-state index >= 15 is 0 Å². The van der Waals surface area contributed by atoms with Gasteiger partial charge in [-0.15, -0.1) is 0 Å². The van der Waals surface area contributed by atoms with E-state index in [1.807, 2.05) is 24.3 Å². The Hall–Kier alpha value is -6.01. The largest absolute Gasteiger partial charge is 0.462 e. The zero-order chi connectivity index (χ0) is 57.1. The van der Waals surface area contributed by atoms with Gasteiger partial charge in [-0.2, -0.15) is 0 Å². The number of allylic oxidation sites excluding steroid dienone is 34. The summed E-state index contributed by atoms with van der Waals surface area (Å²) in [4.78, 5) is 38.2. The van der Waals surface area contributed by atoms with E-state index in [4.69, 9.17) is 14.2 Å². The molecule has 0 aliphatic rings. The summed E-state index contributed by atoms with van der Waals surface area (Å²) < 4.78 is 16.7. The molecule has 0 saturated carbocycles. The first-order valence-electron chi connectivity index (χ1n) is 30.6. The van der Waals surface area contributed by atoms with Crippen LogP contribution in [0.5, 0.6) is 0 Å². The fraction of sp³-hybridized carbons (Fsp3) is 0.493. The maximum absolute atomic E-state index is 12.9. The maximum atomic E-state index is 12.9. The molecule has 0 spiro atoms. The van der Waals surface area contributed by atoms with Crippen LogP contribution in [0.2, 0.25) is 0 Å². The van der Waals surface area contributed by atoms with Gasteiger partial charge in [0.2, 0.25) is 0 Å². The number of rotatable bonds is 52. The predicted octanol–water partition coefficient (Wildman–Crippen LogP) is 21.2. The van der Waals surface area contributed by atoms with E-state index in [2.05, 4.69) is 203 Å². The van der Waals surface area contributed by atoms with Crippen LogP contribution in [-0.4, -0.2) is 37.2 Å². The lowest BCUT2D eigenvalue weighted by Gasteiger charge is -2.18. The van der Waals surface area contributed by atoms with Gasteiger partial charge in [0.25, 0.3) is 0 Å². The van der Waals surface area contributed by atoms with Gasteiger partial charge >= 0.3 is 17.9 Å². The molecule has 0 amide bonds. The highest BCUT2D eigenvalue weighted by Gasteiger charge is 2.19. The van der Waals surface area contributed by atoms with Crippen LogP contribution in [0.3, 0.4) is 0 Å². The molecule has 0 fully saturated rings. The van der Waals surface area contributed by atoms with E-state index in [0.717, 1.165) is 141 Å². The summed E-state index contributed by atoms with van der Waals surface area (Å²) in [6.07, 6.45) is 99.9. The Morgan fingerprint density at radius 2 is 0.481 bits per heavy atom. The fourth-order valence-electron chi connectivity index (χ4n) is 7.34. The van der Waals surface area contributed by atoms with E-state index in [1.165, 1.54) is 19.3 Å². The molecule has 1 unspecified atom stereocenters. The molecule has 6 heteroatoms. The van der Waals surface area contributed by atoms with Gasteiger partial charge < -0.3 is 14.2 Å². The van der Waals surface area contributed by atoms with Crippen molar-refractivity contribution in [1.29, 1.82) is 0 Å². The lowest BCUT2D eigenvalue weighted by molar-refractivity contribution is -0.166. The molecule has 0 aromatic carbocycles. The van der Waals surface area contributed by atoms with Gasteiger partial charge in [0, 0.05) is 19.3 Å². The van der Waals surface area contributed by atoms with Gasteiger partial charge in [0.15, 0.2) is 6.10 Å². The summed E-state index contributed by atoms with van der Waals surface area (Å²) in [5.41, 5.74) is 0. The number of ether oxygens (including phenoxy) is 3. The van der Waals surface area contributed by atoms with Crippen molar-refractivity contribution in [3.63, 3.8) is 0 Å². The van der Waals surface area contributed by atoms with Crippen molar-refractivity contribution in [2.75, 3.05) is 13.2 Å². The zero-order valence-electron chi connectivity index (χ0n) is 49.8. The second kappa shape index (κ2) is 64.5. The Kier molecular flexibility index (Phi) is 59.6. The van der Waals surface area contributed by atoms with Gasteiger partial charge in [-0.25, -0.2) is 0 Å². The molecule has 0 aliphatic heterocycles. The summed E-state index contributed by atoms with van der Waals surface area (Å²) >= 11 is 0. The highest BCUT2D eigenvalue weighted by Crippen LogP contribution is 2.12. The van der Waals surface area contributed by atoms with E-state index in [1.54, 1.807) is 0 Å². The number of unbranched alkanes of at least 4 members (excludes halogenated alkanes) is 7.